The molecular formula is C9H12N2. The topological polar surface area (TPSA) is 24.9 Å². The minimum atomic E-state index is 0.876. The van der Waals surface area contributed by atoms with Gasteiger partial charge in [0.1, 0.15) is 0 Å². The highest BCUT2D eigenvalue weighted by Gasteiger charge is 1.84. The summed E-state index contributed by atoms with van der Waals surface area (Å²) in [6.45, 7) is 2.88. The van der Waals surface area contributed by atoms with Crippen LogP contribution < -0.4 is 5.32 Å². The second kappa shape index (κ2) is 4.50. The minimum absolute atomic E-state index is 0.876. The van der Waals surface area contributed by atoms with Gasteiger partial charge in [-0.15, -0.1) is 0 Å². The first-order valence-corrected chi connectivity index (χ1v) is 3.68. The Balaban J connectivity index is 2.39. The lowest BCUT2D eigenvalue weighted by Gasteiger charge is -2.00. The summed E-state index contributed by atoms with van der Waals surface area (Å²) in [6.07, 6.45) is 7.64. The molecule has 0 fully saturated rings. The number of rotatable bonds is 3. The van der Waals surface area contributed by atoms with Crippen molar-refractivity contribution in [1.29, 1.82) is 0 Å². The van der Waals surface area contributed by atoms with Crippen molar-refractivity contribution in [2.75, 3.05) is 11.9 Å². The Morgan fingerprint density at radius 2 is 2.18 bits per heavy atom. The van der Waals surface area contributed by atoms with Gasteiger partial charge in [-0.1, -0.05) is 12.2 Å². The number of hydrogen-bond acceptors (Lipinski definition) is 2. The fourth-order valence-corrected chi connectivity index (χ4v) is 0.764. The zero-order valence-corrected chi connectivity index (χ0v) is 6.62. The molecule has 0 amide bonds. The number of nitrogens with one attached hydrogen (secondary N) is 1. The van der Waals surface area contributed by atoms with E-state index in [1.165, 1.54) is 0 Å². The van der Waals surface area contributed by atoms with E-state index < -0.39 is 0 Å². The quantitative estimate of drug-likeness (QED) is 0.664. The van der Waals surface area contributed by atoms with Crippen LogP contribution in [0.3, 0.4) is 0 Å². The third kappa shape index (κ3) is 2.85. The van der Waals surface area contributed by atoms with E-state index >= 15 is 0 Å². The second-order valence-corrected chi connectivity index (χ2v) is 2.19. The van der Waals surface area contributed by atoms with Gasteiger partial charge >= 0.3 is 0 Å². The van der Waals surface area contributed by atoms with Crippen LogP contribution in [0.1, 0.15) is 6.92 Å². The lowest BCUT2D eigenvalue weighted by atomic mass is 10.4. The molecule has 0 saturated heterocycles. The van der Waals surface area contributed by atoms with E-state index in [2.05, 4.69) is 16.4 Å². The molecule has 0 saturated carbocycles. The number of nitrogens with zero attached hydrogens (tertiary/aromatic N) is 1. The third-order valence-electron chi connectivity index (χ3n) is 1.34. The summed E-state index contributed by atoms with van der Waals surface area (Å²) in [6, 6.07) is 3.90. The molecule has 0 aliphatic carbocycles. The second-order valence-electron chi connectivity index (χ2n) is 2.19. The molecule has 0 aliphatic heterocycles. The molecule has 2 heteroatoms. The Bertz CT molecular complexity index is 216. The van der Waals surface area contributed by atoms with Gasteiger partial charge in [-0.05, 0) is 19.1 Å². The van der Waals surface area contributed by atoms with Gasteiger partial charge in [0.15, 0.2) is 0 Å². The molecule has 0 spiro atoms. The summed E-state index contributed by atoms with van der Waals surface area (Å²) in [5.41, 5.74) is 1.11. The van der Waals surface area contributed by atoms with E-state index in [1.54, 1.807) is 12.4 Å². The number of pyridine rings is 1. The van der Waals surface area contributed by atoms with Crippen LogP contribution in [0.4, 0.5) is 5.69 Å². The highest BCUT2D eigenvalue weighted by Crippen LogP contribution is 2.01. The fourth-order valence-electron chi connectivity index (χ4n) is 0.764. The summed E-state index contributed by atoms with van der Waals surface area (Å²) in [5.74, 6) is 0. The highest BCUT2D eigenvalue weighted by molar-refractivity contribution is 5.41. The predicted octanol–water partition coefficient (Wildman–Crippen LogP) is 2.07. The van der Waals surface area contributed by atoms with Crippen LogP contribution in [-0.2, 0) is 0 Å². The lowest BCUT2D eigenvalue weighted by Crippen LogP contribution is -1.97. The van der Waals surface area contributed by atoms with Crippen LogP contribution in [0.2, 0.25) is 0 Å². The number of anilines is 1. The smallest absolute Gasteiger partial charge is 0.0373 e. The molecule has 0 aliphatic rings. The van der Waals surface area contributed by atoms with Gasteiger partial charge in [0, 0.05) is 24.6 Å². The Labute approximate surface area is 67.0 Å². The Kier molecular flexibility index (Phi) is 3.19. The first-order chi connectivity index (χ1) is 5.43. The lowest BCUT2D eigenvalue weighted by molar-refractivity contribution is 1.28. The molecular weight excluding hydrogens is 136 g/mol. The van der Waals surface area contributed by atoms with Crippen molar-refractivity contribution in [2.24, 2.45) is 0 Å². The molecule has 1 aromatic rings. The molecule has 58 valence electrons. The Hall–Kier alpha value is -1.31. The SMILES string of the molecule is C/C=C\CNc1ccncc1. The summed E-state index contributed by atoms with van der Waals surface area (Å²) >= 11 is 0. The maximum absolute atomic E-state index is 3.92. The summed E-state index contributed by atoms with van der Waals surface area (Å²) in [7, 11) is 0. The number of aromatic nitrogens is 1. The van der Waals surface area contributed by atoms with Gasteiger partial charge in [0.05, 0.1) is 0 Å². The highest BCUT2D eigenvalue weighted by atomic mass is 14.9. The van der Waals surface area contributed by atoms with Crippen LogP contribution in [0, 0.1) is 0 Å². The summed E-state index contributed by atoms with van der Waals surface area (Å²) in [5, 5.41) is 3.22. The van der Waals surface area contributed by atoms with E-state index in [4.69, 9.17) is 0 Å². The molecule has 11 heavy (non-hydrogen) atoms. The van der Waals surface area contributed by atoms with Crippen molar-refractivity contribution in [1.82, 2.24) is 4.98 Å². The first-order valence-electron chi connectivity index (χ1n) is 3.68. The maximum Gasteiger partial charge on any atom is 0.0373 e. The van der Waals surface area contributed by atoms with Gasteiger partial charge in [-0.25, -0.2) is 0 Å². The largest absolute Gasteiger partial charge is 0.381 e. The molecule has 0 unspecified atom stereocenters. The molecule has 0 aromatic carbocycles. The normalized spacial score (nSPS) is 10.3. The third-order valence-corrected chi connectivity index (χ3v) is 1.34. The predicted molar refractivity (Wildman–Crippen MR) is 47.5 cm³/mol. The van der Waals surface area contributed by atoms with Crippen molar-refractivity contribution < 1.29 is 0 Å². The van der Waals surface area contributed by atoms with Gasteiger partial charge in [0.25, 0.3) is 0 Å². The van der Waals surface area contributed by atoms with Crippen LogP contribution in [0.5, 0.6) is 0 Å². The molecule has 0 radical (unpaired) electrons. The standard InChI is InChI=1S/C9H12N2/c1-2-3-6-11-9-4-7-10-8-5-9/h2-5,7-8H,6H2,1H3,(H,10,11)/b3-2-. The average molecular weight is 148 g/mol. The van der Waals surface area contributed by atoms with Gasteiger partial charge in [0.2, 0.25) is 0 Å². The van der Waals surface area contributed by atoms with Gasteiger partial charge in [-0.2, -0.15) is 0 Å². The zero-order valence-electron chi connectivity index (χ0n) is 6.62. The van der Waals surface area contributed by atoms with Crippen molar-refractivity contribution in [3.63, 3.8) is 0 Å². The van der Waals surface area contributed by atoms with E-state index in [1.807, 2.05) is 25.1 Å². The first kappa shape index (κ1) is 7.79. The molecule has 0 bridgehead atoms. The number of hydrogen-bond donors (Lipinski definition) is 1. The summed E-state index contributed by atoms with van der Waals surface area (Å²) < 4.78 is 0. The van der Waals surface area contributed by atoms with Crippen molar-refractivity contribution >= 4 is 5.69 Å². The molecule has 1 aromatic heterocycles. The van der Waals surface area contributed by atoms with Crippen molar-refractivity contribution in [2.45, 2.75) is 6.92 Å². The van der Waals surface area contributed by atoms with Crippen LogP contribution in [0.15, 0.2) is 36.7 Å². The van der Waals surface area contributed by atoms with Crippen LogP contribution in [0.25, 0.3) is 0 Å². The van der Waals surface area contributed by atoms with E-state index in [9.17, 15) is 0 Å². The van der Waals surface area contributed by atoms with Crippen LogP contribution in [-0.4, -0.2) is 11.5 Å². The fraction of sp³-hybridized carbons (Fsp3) is 0.222. The summed E-state index contributed by atoms with van der Waals surface area (Å²) in [4.78, 5) is 3.92. The van der Waals surface area contributed by atoms with E-state index in [0.29, 0.717) is 0 Å². The average Bonchev–Trinajstić information content (AvgIpc) is 2.07. The van der Waals surface area contributed by atoms with Gasteiger partial charge < -0.3 is 5.32 Å². The number of allylic oxidation sites excluding steroid dienone is 1. The Morgan fingerprint density at radius 1 is 1.45 bits per heavy atom. The maximum atomic E-state index is 3.92. The van der Waals surface area contributed by atoms with E-state index in [0.717, 1.165) is 12.2 Å². The minimum Gasteiger partial charge on any atom is -0.381 e. The molecule has 2 nitrogen and oxygen atoms in total. The molecule has 1 N–H and O–H groups in total. The van der Waals surface area contributed by atoms with Gasteiger partial charge in [-0.3, -0.25) is 4.98 Å². The molecule has 1 rings (SSSR count). The Morgan fingerprint density at radius 3 is 2.82 bits per heavy atom. The monoisotopic (exact) mass is 148 g/mol. The van der Waals surface area contributed by atoms with Crippen LogP contribution >= 0.6 is 0 Å². The molecule has 0 atom stereocenters. The zero-order chi connectivity index (χ0) is 7.94. The van der Waals surface area contributed by atoms with Crippen molar-refractivity contribution in [3.8, 4) is 0 Å². The van der Waals surface area contributed by atoms with Crippen molar-refractivity contribution in [3.05, 3.63) is 36.7 Å². The van der Waals surface area contributed by atoms with E-state index in [-0.39, 0.29) is 0 Å². The molecule has 1 heterocycles.